The van der Waals surface area contributed by atoms with Gasteiger partial charge in [-0.15, -0.1) is 11.6 Å². The van der Waals surface area contributed by atoms with Crippen LogP contribution in [0.4, 0.5) is 4.39 Å². The topological polar surface area (TPSA) is 20.3 Å². The first-order valence-electron chi connectivity index (χ1n) is 6.17. The van der Waals surface area contributed by atoms with E-state index < -0.39 is 0 Å². The van der Waals surface area contributed by atoms with Crippen molar-refractivity contribution in [1.29, 1.82) is 0 Å². The normalized spacial score (nSPS) is 23.4. The zero-order chi connectivity index (χ0) is 13.3. The van der Waals surface area contributed by atoms with Crippen LogP contribution in [0.5, 0.6) is 0 Å². The Kier molecular flexibility index (Phi) is 3.91. The van der Waals surface area contributed by atoms with Gasteiger partial charge < -0.3 is 4.90 Å². The van der Waals surface area contributed by atoms with Gasteiger partial charge in [0.05, 0.1) is 0 Å². The second kappa shape index (κ2) is 5.27. The van der Waals surface area contributed by atoms with Gasteiger partial charge in [0.1, 0.15) is 5.82 Å². The first kappa shape index (κ1) is 13.3. The number of carbonyl (C=O) groups is 1. The zero-order valence-electron chi connectivity index (χ0n) is 10.6. The lowest BCUT2D eigenvalue weighted by molar-refractivity contribution is 0.0736. The number of aryl methyl sites for hydroxylation is 1. The SMILES string of the molecule is Cc1cc(F)cc(C(=O)N2CCC(C)C2CCl)c1. The van der Waals surface area contributed by atoms with Gasteiger partial charge in [0.2, 0.25) is 0 Å². The maximum absolute atomic E-state index is 13.3. The fourth-order valence-corrected chi connectivity index (χ4v) is 2.99. The zero-order valence-corrected chi connectivity index (χ0v) is 11.4. The molecule has 1 amide bonds. The van der Waals surface area contributed by atoms with Gasteiger partial charge >= 0.3 is 0 Å². The van der Waals surface area contributed by atoms with E-state index in [4.69, 9.17) is 11.6 Å². The van der Waals surface area contributed by atoms with E-state index in [1.807, 2.05) is 0 Å². The molecule has 4 heteroatoms. The van der Waals surface area contributed by atoms with Crippen molar-refractivity contribution in [2.75, 3.05) is 12.4 Å². The van der Waals surface area contributed by atoms with Crippen molar-refractivity contribution < 1.29 is 9.18 Å². The lowest BCUT2D eigenvalue weighted by Crippen LogP contribution is -2.38. The van der Waals surface area contributed by atoms with Crippen molar-refractivity contribution in [3.63, 3.8) is 0 Å². The van der Waals surface area contributed by atoms with Crippen molar-refractivity contribution in [2.24, 2.45) is 5.92 Å². The van der Waals surface area contributed by atoms with E-state index in [-0.39, 0.29) is 17.8 Å². The van der Waals surface area contributed by atoms with Gasteiger partial charge in [-0.25, -0.2) is 4.39 Å². The highest BCUT2D eigenvalue weighted by molar-refractivity contribution is 6.18. The minimum Gasteiger partial charge on any atom is -0.334 e. The molecular formula is C14H17ClFNO. The predicted molar refractivity (Wildman–Crippen MR) is 70.5 cm³/mol. The predicted octanol–water partition coefficient (Wildman–Crippen LogP) is 3.22. The number of nitrogens with zero attached hydrogens (tertiary/aromatic N) is 1. The van der Waals surface area contributed by atoms with Crippen molar-refractivity contribution in [3.05, 3.63) is 35.1 Å². The number of halogens is 2. The van der Waals surface area contributed by atoms with Crippen molar-refractivity contribution >= 4 is 17.5 Å². The minimum absolute atomic E-state index is 0.0581. The van der Waals surface area contributed by atoms with E-state index in [9.17, 15) is 9.18 Å². The number of hydrogen-bond donors (Lipinski definition) is 0. The molecule has 1 heterocycles. The Morgan fingerprint density at radius 1 is 1.50 bits per heavy atom. The molecule has 0 N–H and O–H groups in total. The highest BCUT2D eigenvalue weighted by Crippen LogP contribution is 2.26. The number of amides is 1. The number of carbonyl (C=O) groups excluding carboxylic acids is 1. The van der Waals surface area contributed by atoms with E-state index in [1.54, 1.807) is 17.9 Å². The molecule has 0 bridgehead atoms. The molecule has 1 saturated heterocycles. The van der Waals surface area contributed by atoms with Crippen LogP contribution in [-0.2, 0) is 0 Å². The summed E-state index contributed by atoms with van der Waals surface area (Å²) < 4.78 is 13.3. The van der Waals surface area contributed by atoms with E-state index in [0.29, 0.717) is 23.9 Å². The fourth-order valence-electron chi connectivity index (χ4n) is 2.52. The van der Waals surface area contributed by atoms with Crippen molar-refractivity contribution in [3.8, 4) is 0 Å². The van der Waals surface area contributed by atoms with Crippen LogP contribution in [-0.4, -0.2) is 29.3 Å². The highest BCUT2D eigenvalue weighted by Gasteiger charge is 2.34. The van der Waals surface area contributed by atoms with Gasteiger partial charge in [0.25, 0.3) is 5.91 Å². The molecule has 1 aromatic rings. The van der Waals surface area contributed by atoms with Crippen LogP contribution < -0.4 is 0 Å². The third-order valence-electron chi connectivity index (χ3n) is 3.59. The largest absolute Gasteiger partial charge is 0.334 e. The average Bonchev–Trinajstić information content (AvgIpc) is 2.68. The molecule has 0 spiro atoms. The summed E-state index contributed by atoms with van der Waals surface area (Å²) in [6, 6.07) is 4.49. The molecule has 1 fully saturated rings. The Morgan fingerprint density at radius 3 is 2.83 bits per heavy atom. The molecular weight excluding hydrogens is 253 g/mol. The lowest BCUT2D eigenvalue weighted by Gasteiger charge is -2.25. The molecule has 0 aromatic heterocycles. The Morgan fingerprint density at radius 2 is 2.22 bits per heavy atom. The Hall–Kier alpha value is -1.09. The summed E-state index contributed by atoms with van der Waals surface area (Å²) in [5.74, 6) is 0.350. The van der Waals surface area contributed by atoms with Crippen LogP contribution in [0.15, 0.2) is 18.2 Å². The second-order valence-corrected chi connectivity index (χ2v) is 5.31. The standard InChI is InChI=1S/C14H17ClFNO/c1-9-5-11(7-12(16)6-9)14(18)17-4-3-10(2)13(17)8-15/h5-7,10,13H,3-4,8H2,1-2H3. The molecule has 18 heavy (non-hydrogen) atoms. The summed E-state index contributed by atoms with van der Waals surface area (Å²) in [6.45, 7) is 4.58. The van der Waals surface area contributed by atoms with Crippen LogP contribution >= 0.6 is 11.6 Å². The number of rotatable bonds is 2. The van der Waals surface area contributed by atoms with Crippen LogP contribution in [0.3, 0.4) is 0 Å². The molecule has 2 atom stereocenters. The molecule has 0 saturated carbocycles. The molecule has 2 unspecified atom stereocenters. The summed E-state index contributed by atoms with van der Waals surface area (Å²) in [7, 11) is 0. The number of benzene rings is 1. The molecule has 1 aliphatic heterocycles. The summed E-state index contributed by atoms with van der Waals surface area (Å²) in [6.07, 6.45) is 0.956. The van der Waals surface area contributed by atoms with E-state index in [0.717, 1.165) is 12.0 Å². The van der Waals surface area contributed by atoms with Crippen molar-refractivity contribution in [2.45, 2.75) is 26.3 Å². The molecule has 1 aromatic carbocycles. The quantitative estimate of drug-likeness (QED) is 0.755. The summed E-state index contributed by atoms with van der Waals surface area (Å²) in [5.41, 5.74) is 1.17. The fraction of sp³-hybridized carbons (Fsp3) is 0.500. The molecule has 0 radical (unpaired) electrons. The Labute approximate surface area is 112 Å². The Bertz CT molecular complexity index is 443. The van der Waals surface area contributed by atoms with E-state index >= 15 is 0 Å². The van der Waals surface area contributed by atoms with Gasteiger partial charge in [-0.2, -0.15) is 0 Å². The van der Waals surface area contributed by atoms with Crippen LogP contribution in [0, 0.1) is 18.7 Å². The van der Waals surface area contributed by atoms with Gasteiger partial charge in [-0.1, -0.05) is 6.92 Å². The first-order valence-corrected chi connectivity index (χ1v) is 6.70. The van der Waals surface area contributed by atoms with Crippen LogP contribution in [0.2, 0.25) is 0 Å². The van der Waals surface area contributed by atoms with E-state index in [1.165, 1.54) is 12.1 Å². The highest BCUT2D eigenvalue weighted by atomic mass is 35.5. The van der Waals surface area contributed by atoms with Gasteiger partial charge in [0.15, 0.2) is 0 Å². The molecule has 0 aliphatic carbocycles. The lowest BCUT2D eigenvalue weighted by atomic mass is 10.0. The molecule has 98 valence electrons. The van der Waals surface area contributed by atoms with Crippen LogP contribution in [0.25, 0.3) is 0 Å². The summed E-state index contributed by atoms with van der Waals surface area (Å²) >= 11 is 5.92. The van der Waals surface area contributed by atoms with Gasteiger partial charge in [-0.05, 0) is 43.0 Å². The Balaban J connectivity index is 2.25. The molecule has 2 rings (SSSR count). The monoisotopic (exact) mass is 269 g/mol. The summed E-state index contributed by atoms with van der Waals surface area (Å²) in [5, 5.41) is 0. The minimum atomic E-state index is -0.368. The van der Waals surface area contributed by atoms with Crippen LogP contribution in [0.1, 0.15) is 29.3 Å². The number of hydrogen-bond acceptors (Lipinski definition) is 1. The number of likely N-dealkylation sites (tertiary alicyclic amines) is 1. The van der Waals surface area contributed by atoms with Crippen molar-refractivity contribution in [1.82, 2.24) is 4.90 Å². The molecule has 1 aliphatic rings. The van der Waals surface area contributed by atoms with E-state index in [2.05, 4.69) is 6.92 Å². The third-order valence-corrected chi connectivity index (χ3v) is 3.91. The maximum Gasteiger partial charge on any atom is 0.254 e. The molecule has 2 nitrogen and oxygen atoms in total. The average molecular weight is 270 g/mol. The summed E-state index contributed by atoms with van der Waals surface area (Å²) in [4.78, 5) is 14.1. The van der Waals surface area contributed by atoms with Gasteiger partial charge in [-0.3, -0.25) is 4.79 Å². The van der Waals surface area contributed by atoms with Gasteiger partial charge in [0, 0.05) is 24.0 Å². The second-order valence-electron chi connectivity index (χ2n) is 5.00. The number of alkyl halides is 1. The maximum atomic E-state index is 13.3. The smallest absolute Gasteiger partial charge is 0.254 e. The third kappa shape index (κ3) is 2.51. The first-order chi connectivity index (χ1) is 8.52.